The largest absolute Gasteiger partial charge is 0.418 e. The van der Waals surface area contributed by atoms with Crippen LogP contribution in [0.15, 0.2) is 24.4 Å². The average molecular weight is 254 g/mol. The van der Waals surface area contributed by atoms with Gasteiger partial charge in [0.2, 0.25) is 0 Å². The van der Waals surface area contributed by atoms with Crippen LogP contribution >= 0.6 is 0 Å². The average Bonchev–Trinajstić information content (AvgIpc) is 2.25. The van der Waals surface area contributed by atoms with Crippen molar-refractivity contribution in [3.63, 3.8) is 0 Å². The number of hydrogen-bond acceptors (Lipinski definition) is 2. The number of para-hydroxylation sites is 1. The van der Waals surface area contributed by atoms with Crippen molar-refractivity contribution in [2.75, 3.05) is 5.73 Å². The molecule has 2 aromatic rings. The number of rotatable bonds is 1. The highest BCUT2D eigenvalue weighted by Gasteiger charge is 2.33. The zero-order valence-corrected chi connectivity index (χ0v) is 10.0. The Kier molecular flexibility index (Phi) is 2.92. The standard InChI is InChI=1S/C13H13F3N2/c1-7(2)11-8-4-3-5-9(13(14,15)16)12(8)18-6-10(11)17/h3-7H,17H2,1-2H3. The van der Waals surface area contributed by atoms with Crippen molar-refractivity contribution in [2.45, 2.75) is 25.9 Å². The van der Waals surface area contributed by atoms with Crippen molar-refractivity contribution in [1.29, 1.82) is 0 Å². The van der Waals surface area contributed by atoms with E-state index in [0.29, 0.717) is 16.6 Å². The summed E-state index contributed by atoms with van der Waals surface area (Å²) >= 11 is 0. The van der Waals surface area contributed by atoms with Crippen molar-refractivity contribution in [1.82, 2.24) is 4.98 Å². The maximum absolute atomic E-state index is 12.9. The maximum Gasteiger partial charge on any atom is 0.418 e. The first kappa shape index (κ1) is 12.7. The Labute approximate surface area is 103 Å². The molecular weight excluding hydrogens is 241 g/mol. The lowest BCUT2D eigenvalue weighted by Crippen LogP contribution is -2.08. The summed E-state index contributed by atoms with van der Waals surface area (Å²) in [6, 6.07) is 4.05. The number of halogens is 3. The number of nitrogen functional groups attached to an aromatic ring is 1. The molecule has 0 saturated carbocycles. The summed E-state index contributed by atoms with van der Waals surface area (Å²) in [5, 5.41) is 0.472. The Hall–Kier alpha value is -1.78. The summed E-state index contributed by atoms with van der Waals surface area (Å²) in [5.41, 5.74) is 6.19. The normalized spacial score (nSPS) is 12.3. The zero-order valence-electron chi connectivity index (χ0n) is 10.0. The summed E-state index contributed by atoms with van der Waals surface area (Å²) < 4.78 is 38.6. The molecule has 0 bridgehead atoms. The van der Waals surface area contributed by atoms with Gasteiger partial charge >= 0.3 is 6.18 Å². The van der Waals surface area contributed by atoms with Crippen molar-refractivity contribution >= 4 is 16.6 Å². The van der Waals surface area contributed by atoms with Crippen LogP contribution in [-0.2, 0) is 6.18 Å². The number of anilines is 1. The van der Waals surface area contributed by atoms with Gasteiger partial charge in [-0.1, -0.05) is 26.0 Å². The van der Waals surface area contributed by atoms with Gasteiger partial charge in [0.15, 0.2) is 0 Å². The fourth-order valence-electron chi connectivity index (χ4n) is 2.13. The van der Waals surface area contributed by atoms with Gasteiger partial charge in [-0.15, -0.1) is 0 Å². The molecule has 1 heterocycles. The number of alkyl halides is 3. The molecule has 0 saturated heterocycles. The molecule has 18 heavy (non-hydrogen) atoms. The molecule has 0 aliphatic carbocycles. The topological polar surface area (TPSA) is 38.9 Å². The Morgan fingerprint density at radius 1 is 1.22 bits per heavy atom. The lowest BCUT2D eigenvalue weighted by Gasteiger charge is -2.15. The van der Waals surface area contributed by atoms with Crippen molar-refractivity contribution in [3.05, 3.63) is 35.5 Å². The second kappa shape index (κ2) is 4.15. The second-order valence-corrected chi connectivity index (χ2v) is 4.48. The molecule has 2 N–H and O–H groups in total. The van der Waals surface area contributed by atoms with Crippen LogP contribution in [0.25, 0.3) is 10.9 Å². The number of hydrogen-bond donors (Lipinski definition) is 1. The molecule has 0 aliphatic rings. The van der Waals surface area contributed by atoms with Crippen molar-refractivity contribution in [2.24, 2.45) is 0 Å². The molecule has 0 amide bonds. The quantitative estimate of drug-likeness (QED) is 0.836. The number of benzene rings is 1. The highest BCUT2D eigenvalue weighted by atomic mass is 19.4. The SMILES string of the molecule is CC(C)c1c(N)cnc2c(C(F)(F)F)cccc12. The van der Waals surface area contributed by atoms with Gasteiger partial charge in [0.25, 0.3) is 0 Å². The monoisotopic (exact) mass is 254 g/mol. The third-order valence-corrected chi connectivity index (χ3v) is 2.85. The van der Waals surface area contributed by atoms with Gasteiger partial charge in [0, 0.05) is 5.39 Å². The maximum atomic E-state index is 12.9. The van der Waals surface area contributed by atoms with E-state index in [9.17, 15) is 13.2 Å². The molecule has 0 fully saturated rings. The third-order valence-electron chi connectivity index (χ3n) is 2.85. The summed E-state index contributed by atoms with van der Waals surface area (Å²) in [5.74, 6) is 0.0407. The summed E-state index contributed by atoms with van der Waals surface area (Å²) in [4.78, 5) is 3.85. The predicted molar refractivity (Wildman–Crippen MR) is 65.2 cm³/mol. The van der Waals surface area contributed by atoms with Crippen LogP contribution in [0, 0.1) is 0 Å². The van der Waals surface area contributed by atoms with Gasteiger partial charge in [0.05, 0.1) is 23.0 Å². The van der Waals surface area contributed by atoms with Crippen LogP contribution in [0.3, 0.4) is 0 Å². The molecule has 1 aromatic carbocycles. The van der Waals surface area contributed by atoms with Crippen LogP contribution < -0.4 is 5.73 Å². The van der Waals surface area contributed by atoms with E-state index in [1.807, 2.05) is 13.8 Å². The molecule has 5 heteroatoms. The summed E-state index contributed by atoms with van der Waals surface area (Å²) in [6.45, 7) is 3.79. The first-order valence-electron chi connectivity index (χ1n) is 5.56. The molecule has 2 rings (SSSR count). The minimum atomic E-state index is -4.41. The van der Waals surface area contributed by atoms with Crippen LogP contribution in [-0.4, -0.2) is 4.98 Å². The number of nitrogens with zero attached hydrogens (tertiary/aromatic N) is 1. The number of fused-ring (bicyclic) bond motifs is 1. The smallest absolute Gasteiger partial charge is 0.397 e. The molecule has 0 unspecified atom stereocenters. The lowest BCUT2D eigenvalue weighted by molar-refractivity contribution is -0.136. The van der Waals surface area contributed by atoms with Crippen LogP contribution in [0.1, 0.15) is 30.9 Å². The van der Waals surface area contributed by atoms with Crippen molar-refractivity contribution in [3.8, 4) is 0 Å². The van der Waals surface area contributed by atoms with E-state index in [4.69, 9.17) is 5.73 Å². The fraction of sp³-hybridized carbons (Fsp3) is 0.308. The number of aromatic nitrogens is 1. The van der Waals surface area contributed by atoms with E-state index in [1.54, 1.807) is 6.07 Å². The molecule has 0 aliphatic heterocycles. The molecule has 0 radical (unpaired) electrons. The Bertz CT molecular complexity index is 589. The molecule has 96 valence electrons. The van der Waals surface area contributed by atoms with Crippen LogP contribution in [0.4, 0.5) is 18.9 Å². The van der Waals surface area contributed by atoms with Crippen LogP contribution in [0.2, 0.25) is 0 Å². The van der Waals surface area contributed by atoms with Gasteiger partial charge in [-0.25, -0.2) is 0 Å². The lowest BCUT2D eigenvalue weighted by atomic mass is 9.95. The minimum Gasteiger partial charge on any atom is -0.397 e. The predicted octanol–water partition coefficient (Wildman–Crippen LogP) is 3.96. The molecule has 0 spiro atoms. The van der Waals surface area contributed by atoms with E-state index in [0.717, 1.165) is 6.07 Å². The van der Waals surface area contributed by atoms with Gasteiger partial charge < -0.3 is 5.73 Å². The molecular formula is C13H13F3N2. The number of pyridine rings is 1. The van der Waals surface area contributed by atoms with E-state index in [1.165, 1.54) is 12.3 Å². The Morgan fingerprint density at radius 2 is 1.89 bits per heavy atom. The van der Waals surface area contributed by atoms with Gasteiger partial charge in [-0.05, 0) is 17.5 Å². The van der Waals surface area contributed by atoms with E-state index >= 15 is 0 Å². The molecule has 0 atom stereocenters. The first-order chi connectivity index (χ1) is 8.32. The highest BCUT2D eigenvalue weighted by molar-refractivity contribution is 5.89. The third kappa shape index (κ3) is 2.00. The Morgan fingerprint density at radius 3 is 2.44 bits per heavy atom. The Balaban J connectivity index is 2.86. The van der Waals surface area contributed by atoms with Gasteiger partial charge in [-0.3, -0.25) is 4.98 Å². The number of nitrogens with two attached hydrogens (primary N) is 1. The van der Waals surface area contributed by atoms with E-state index in [-0.39, 0.29) is 11.4 Å². The van der Waals surface area contributed by atoms with Gasteiger partial charge in [0.1, 0.15) is 0 Å². The fourth-order valence-corrected chi connectivity index (χ4v) is 2.13. The second-order valence-electron chi connectivity index (χ2n) is 4.48. The zero-order chi connectivity index (χ0) is 13.5. The highest BCUT2D eigenvalue weighted by Crippen LogP contribution is 2.37. The molecule has 1 aromatic heterocycles. The van der Waals surface area contributed by atoms with Crippen LogP contribution in [0.5, 0.6) is 0 Å². The minimum absolute atomic E-state index is 0.0390. The van der Waals surface area contributed by atoms with E-state index in [2.05, 4.69) is 4.98 Å². The molecule has 2 nitrogen and oxygen atoms in total. The van der Waals surface area contributed by atoms with Crippen molar-refractivity contribution < 1.29 is 13.2 Å². The summed E-state index contributed by atoms with van der Waals surface area (Å²) in [6.07, 6.45) is -3.11. The summed E-state index contributed by atoms with van der Waals surface area (Å²) in [7, 11) is 0. The first-order valence-corrected chi connectivity index (χ1v) is 5.56. The van der Waals surface area contributed by atoms with E-state index < -0.39 is 11.7 Å². The van der Waals surface area contributed by atoms with Gasteiger partial charge in [-0.2, -0.15) is 13.2 Å².